The molecule has 11 heteroatoms. The first-order valence-corrected chi connectivity index (χ1v) is 12.9. The molecule has 2 amide bonds. The first-order chi connectivity index (χ1) is 16.0. The van der Waals surface area contributed by atoms with Crippen LogP contribution in [0.25, 0.3) is 0 Å². The van der Waals surface area contributed by atoms with Gasteiger partial charge in [0.2, 0.25) is 21.8 Å². The van der Waals surface area contributed by atoms with E-state index in [1.165, 1.54) is 25.1 Å². The summed E-state index contributed by atoms with van der Waals surface area (Å²) in [5, 5.41) is 7.27. The molecule has 2 aliphatic heterocycles. The van der Waals surface area contributed by atoms with Crippen molar-refractivity contribution in [2.24, 2.45) is 7.05 Å². The van der Waals surface area contributed by atoms with Gasteiger partial charge in [-0.25, -0.2) is 12.7 Å². The molecule has 2 aliphatic rings. The van der Waals surface area contributed by atoms with Crippen LogP contribution in [0.4, 0.5) is 11.4 Å². The van der Waals surface area contributed by atoms with Crippen LogP contribution in [-0.4, -0.2) is 67.5 Å². The van der Waals surface area contributed by atoms with Crippen molar-refractivity contribution in [3.8, 4) is 0 Å². The van der Waals surface area contributed by atoms with E-state index in [4.69, 9.17) is 0 Å². The topological polar surface area (TPSA) is 108 Å². The molecule has 0 bridgehead atoms. The normalized spacial score (nSPS) is 18.2. The second-order valence-electron chi connectivity index (χ2n) is 9.12. The van der Waals surface area contributed by atoms with E-state index in [0.717, 1.165) is 46.3 Å². The third kappa shape index (κ3) is 4.18. The maximum Gasteiger partial charge on any atom is 0.250 e. The van der Waals surface area contributed by atoms with Crippen molar-refractivity contribution in [3.63, 3.8) is 0 Å². The van der Waals surface area contributed by atoms with Crippen molar-refractivity contribution in [1.29, 1.82) is 0 Å². The number of carbonyl (C=O) groups excluding carboxylic acids is 2. The summed E-state index contributed by atoms with van der Waals surface area (Å²) in [7, 11) is 1.09. The Hall–Kier alpha value is -2.92. The Bertz CT molecular complexity index is 1240. The lowest BCUT2D eigenvalue weighted by Gasteiger charge is -2.45. The van der Waals surface area contributed by atoms with E-state index >= 15 is 0 Å². The highest BCUT2D eigenvalue weighted by Crippen LogP contribution is 2.40. The van der Waals surface area contributed by atoms with Crippen LogP contribution in [0.5, 0.6) is 0 Å². The van der Waals surface area contributed by atoms with Crippen molar-refractivity contribution < 1.29 is 18.0 Å². The Morgan fingerprint density at radius 1 is 1.21 bits per heavy atom. The second-order valence-corrected chi connectivity index (χ2v) is 11.3. The fourth-order valence-electron chi connectivity index (χ4n) is 4.73. The van der Waals surface area contributed by atoms with Gasteiger partial charge in [0.15, 0.2) is 0 Å². The van der Waals surface area contributed by atoms with Crippen LogP contribution in [0.15, 0.2) is 23.1 Å². The first kappa shape index (κ1) is 24.2. The third-order valence-corrected chi connectivity index (χ3v) is 8.61. The molecule has 0 radical (unpaired) electrons. The highest BCUT2D eigenvalue weighted by Gasteiger charge is 2.40. The highest BCUT2D eigenvalue weighted by molar-refractivity contribution is 7.89. The maximum absolute atomic E-state index is 13.5. The molecule has 0 saturated carbocycles. The van der Waals surface area contributed by atoms with Gasteiger partial charge in [-0.05, 0) is 51.3 Å². The number of sulfonamides is 1. The average Bonchev–Trinajstić information content (AvgIpc) is 3.05. The van der Waals surface area contributed by atoms with E-state index in [1.54, 1.807) is 16.8 Å². The summed E-state index contributed by atoms with van der Waals surface area (Å²) in [6.07, 6.45) is 2.61. The SMILES string of the molecule is Cc1nn(C)c(C)c1CNC(=O)CN1C(=O)C2CCCCN2c2ccc(S(=O)(=O)N(C)C)cc21. The molecule has 34 heavy (non-hydrogen) atoms. The van der Waals surface area contributed by atoms with Gasteiger partial charge in [0.1, 0.15) is 12.6 Å². The Morgan fingerprint density at radius 2 is 1.94 bits per heavy atom. The number of anilines is 2. The summed E-state index contributed by atoms with van der Waals surface area (Å²) in [5.74, 6) is -0.484. The Balaban J connectivity index is 1.64. The Kier molecular flexibility index (Phi) is 6.43. The lowest BCUT2D eigenvalue weighted by molar-refractivity contribution is -0.125. The predicted molar refractivity (Wildman–Crippen MR) is 129 cm³/mol. The van der Waals surface area contributed by atoms with Crippen molar-refractivity contribution >= 4 is 33.2 Å². The molecular formula is C23H32N6O4S. The molecule has 10 nitrogen and oxygen atoms in total. The minimum Gasteiger partial charge on any atom is -0.358 e. The molecule has 1 aromatic heterocycles. The molecular weight excluding hydrogens is 456 g/mol. The number of hydrogen-bond acceptors (Lipinski definition) is 6. The molecule has 1 saturated heterocycles. The van der Waals surface area contributed by atoms with E-state index in [-0.39, 0.29) is 29.3 Å². The minimum absolute atomic E-state index is 0.0894. The van der Waals surface area contributed by atoms with Gasteiger partial charge in [0.25, 0.3) is 0 Å². The van der Waals surface area contributed by atoms with Crippen molar-refractivity contribution in [3.05, 3.63) is 35.2 Å². The Morgan fingerprint density at radius 3 is 2.59 bits per heavy atom. The minimum atomic E-state index is -3.70. The van der Waals surface area contributed by atoms with E-state index in [9.17, 15) is 18.0 Å². The average molecular weight is 489 g/mol. The van der Waals surface area contributed by atoms with E-state index in [0.29, 0.717) is 18.7 Å². The van der Waals surface area contributed by atoms with Gasteiger partial charge in [-0.3, -0.25) is 19.2 Å². The number of fused-ring (bicyclic) bond motifs is 3. The number of benzene rings is 1. The zero-order valence-corrected chi connectivity index (χ0v) is 21.1. The van der Waals surface area contributed by atoms with Gasteiger partial charge in [-0.1, -0.05) is 0 Å². The van der Waals surface area contributed by atoms with Crippen molar-refractivity contribution in [2.45, 2.75) is 50.6 Å². The molecule has 1 N–H and O–H groups in total. The lowest BCUT2D eigenvalue weighted by Crippen LogP contribution is -2.57. The second kappa shape index (κ2) is 9.03. The van der Waals surface area contributed by atoms with Crippen LogP contribution in [0.2, 0.25) is 0 Å². The zero-order chi connectivity index (χ0) is 24.8. The molecule has 1 aromatic carbocycles. The molecule has 0 aliphatic carbocycles. The molecule has 2 aromatic rings. The third-order valence-electron chi connectivity index (χ3n) is 6.80. The van der Waals surface area contributed by atoms with Gasteiger partial charge < -0.3 is 10.2 Å². The number of aromatic nitrogens is 2. The summed E-state index contributed by atoms with van der Waals surface area (Å²) in [4.78, 5) is 30.0. The smallest absolute Gasteiger partial charge is 0.250 e. The van der Waals surface area contributed by atoms with Crippen molar-refractivity contribution in [2.75, 3.05) is 37.0 Å². The molecule has 1 fully saturated rings. The summed E-state index contributed by atoms with van der Waals surface area (Å²) < 4.78 is 28.4. The van der Waals surface area contributed by atoms with Gasteiger partial charge in [-0.15, -0.1) is 0 Å². The number of carbonyl (C=O) groups is 2. The van der Waals surface area contributed by atoms with Crippen molar-refractivity contribution in [1.82, 2.24) is 19.4 Å². The molecule has 0 spiro atoms. The number of aryl methyl sites for hydroxylation is 2. The number of hydrogen-bond donors (Lipinski definition) is 1. The van der Waals surface area contributed by atoms with Gasteiger partial charge >= 0.3 is 0 Å². The zero-order valence-electron chi connectivity index (χ0n) is 20.3. The molecule has 184 valence electrons. The van der Waals surface area contributed by atoms with Crippen LogP contribution in [0.1, 0.15) is 36.2 Å². The lowest BCUT2D eigenvalue weighted by atomic mass is 9.96. The quantitative estimate of drug-likeness (QED) is 0.657. The van der Waals surface area contributed by atoms with Gasteiger partial charge in [-0.2, -0.15) is 5.10 Å². The van der Waals surface area contributed by atoms with E-state index < -0.39 is 10.0 Å². The number of nitrogens with one attached hydrogen (secondary N) is 1. The molecule has 1 atom stereocenters. The number of piperidine rings is 1. The number of rotatable bonds is 6. The van der Waals surface area contributed by atoms with Crippen LogP contribution >= 0.6 is 0 Å². The van der Waals surface area contributed by atoms with Crippen LogP contribution < -0.4 is 15.1 Å². The largest absolute Gasteiger partial charge is 0.358 e. The summed E-state index contributed by atoms with van der Waals surface area (Å²) in [6.45, 7) is 4.69. The van der Waals surface area contributed by atoms with Gasteiger partial charge in [0.05, 0.1) is 22.0 Å². The monoisotopic (exact) mass is 488 g/mol. The summed E-state index contributed by atoms with van der Waals surface area (Å²) in [5.41, 5.74) is 3.99. The highest BCUT2D eigenvalue weighted by atomic mass is 32.2. The molecule has 1 unspecified atom stereocenters. The predicted octanol–water partition coefficient (Wildman–Crippen LogP) is 1.31. The summed E-state index contributed by atoms with van der Waals surface area (Å²) in [6, 6.07) is 4.50. The van der Waals surface area contributed by atoms with Crippen LogP contribution in [0, 0.1) is 13.8 Å². The number of nitrogens with zero attached hydrogens (tertiary/aromatic N) is 5. The van der Waals surface area contributed by atoms with E-state index in [1.807, 2.05) is 25.8 Å². The fraction of sp³-hybridized carbons (Fsp3) is 0.522. The standard InChI is InChI=1S/C23H32N6O4S/c1-15-18(16(2)27(5)25-15)13-24-22(30)14-29-21-12-17(34(32,33)26(3)4)9-10-19(21)28-11-7-6-8-20(28)23(29)31/h9-10,12,20H,6-8,11,13-14H2,1-5H3,(H,24,30). The van der Waals surface area contributed by atoms with Crippen LogP contribution in [-0.2, 0) is 33.2 Å². The fourth-order valence-corrected chi connectivity index (χ4v) is 5.65. The molecule has 4 rings (SSSR count). The maximum atomic E-state index is 13.5. The first-order valence-electron chi connectivity index (χ1n) is 11.4. The van der Waals surface area contributed by atoms with Gasteiger partial charge in [0, 0.05) is 45.5 Å². The number of amides is 2. The van der Waals surface area contributed by atoms with E-state index in [2.05, 4.69) is 10.4 Å². The van der Waals surface area contributed by atoms with Crippen LogP contribution in [0.3, 0.4) is 0 Å². The summed E-state index contributed by atoms with van der Waals surface area (Å²) >= 11 is 0. The molecule has 3 heterocycles. The Labute approximate surface area is 200 Å².